The molecule has 4 N–H and O–H groups in total. The molecule has 1 amide bonds. The molecule has 1 saturated carbocycles. The summed E-state index contributed by atoms with van der Waals surface area (Å²) in [5.74, 6) is 0.416. The molecule has 0 aliphatic heterocycles. The molecule has 3 aromatic rings. The molecule has 0 atom stereocenters. The fourth-order valence-corrected chi connectivity index (χ4v) is 5.56. The zero-order valence-electron chi connectivity index (χ0n) is 26.4. The SMILES string of the molecule is CCN(CC)CCCOc1cc(-c2nc(C(=O)NC3CCC(O)CC3)ccc2-c2ccc(C)cc2C)ccc1Cl.Cl.O=C(O)O. The van der Waals surface area contributed by atoms with Gasteiger partial charge in [0.25, 0.3) is 5.91 Å². The van der Waals surface area contributed by atoms with Gasteiger partial charge < -0.3 is 30.3 Å². The minimum atomic E-state index is -1.83. The van der Waals surface area contributed by atoms with Gasteiger partial charge in [0.15, 0.2) is 0 Å². The molecule has 11 heteroatoms. The summed E-state index contributed by atoms with van der Waals surface area (Å²) < 4.78 is 6.12. The lowest BCUT2D eigenvalue weighted by Gasteiger charge is -2.26. The maximum atomic E-state index is 13.3. The summed E-state index contributed by atoms with van der Waals surface area (Å²) in [7, 11) is 0. The number of nitrogens with zero attached hydrogens (tertiary/aromatic N) is 2. The third kappa shape index (κ3) is 11.5. The molecule has 0 spiro atoms. The summed E-state index contributed by atoms with van der Waals surface area (Å²) in [6.07, 6.45) is 1.75. The lowest BCUT2D eigenvalue weighted by atomic mass is 9.93. The number of halogens is 2. The Labute approximate surface area is 277 Å². The maximum Gasteiger partial charge on any atom is 0.503 e. The van der Waals surface area contributed by atoms with Crippen molar-refractivity contribution in [3.63, 3.8) is 0 Å². The van der Waals surface area contributed by atoms with Crippen LogP contribution in [0.1, 0.15) is 67.6 Å². The third-order valence-electron chi connectivity index (χ3n) is 7.81. The number of carboxylic acid groups (broad SMARTS) is 2. The van der Waals surface area contributed by atoms with Gasteiger partial charge in [-0.3, -0.25) is 4.79 Å². The van der Waals surface area contributed by atoms with Crippen molar-refractivity contribution in [2.45, 2.75) is 71.9 Å². The zero-order chi connectivity index (χ0) is 32.2. The molecule has 1 aliphatic carbocycles. The Kier molecular flexibility index (Phi) is 15.6. The Morgan fingerprint density at radius 3 is 2.24 bits per heavy atom. The predicted octanol–water partition coefficient (Wildman–Crippen LogP) is 7.47. The maximum absolute atomic E-state index is 13.3. The Morgan fingerprint density at radius 2 is 1.62 bits per heavy atom. The minimum Gasteiger partial charge on any atom is -0.492 e. The molecule has 1 heterocycles. The Hall–Kier alpha value is -3.37. The van der Waals surface area contributed by atoms with E-state index in [4.69, 9.17) is 36.3 Å². The number of nitrogens with one attached hydrogen (secondary N) is 1. The van der Waals surface area contributed by atoms with Gasteiger partial charge in [0.05, 0.1) is 23.4 Å². The molecule has 1 aliphatic rings. The smallest absolute Gasteiger partial charge is 0.492 e. The number of ether oxygens (including phenoxy) is 1. The first-order chi connectivity index (χ1) is 21.0. The van der Waals surface area contributed by atoms with Gasteiger partial charge in [-0.2, -0.15) is 0 Å². The highest BCUT2D eigenvalue weighted by Gasteiger charge is 2.23. The summed E-state index contributed by atoms with van der Waals surface area (Å²) in [6.45, 7) is 12.1. The minimum absolute atomic E-state index is 0. The Morgan fingerprint density at radius 1 is 0.978 bits per heavy atom. The highest BCUT2D eigenvalue weighted by atomic mass is 35.5. The molecule has 45 heavy (non-hydrogen) atoms. The lowest BCUT2D eigenvalue weighted by Crippen LogP contribution is -2.38. The van der Waals surface area contributed by atoms with Gasteiger partial charge in [0.2, 0.25) is 0 Å². The number of hydrogen-bond acceptors (Lipinski definition) is 6. The molecule has 0 saturated heterocycles. The second-order valence-corrected chi connectivity index (χ2v) is 11.5. The third-order valence-corrected chi connectivity index (χ3v) is 8.12. The highest BCUT2D eigenvalue weighted by Crippen LogP contribution is 2.37. The number of aryl methyl sites for hydroxylation is 2. The second kappa shape index (κ2) is 18.6. The van der Waals surface area contributed by atoms with E-state index in [2.05, 4.69) is 56.1 Å². The van der Waals surface area contributed by atoms with Crippen LogP contribution in [0, 0.1) is 13.8 Å². The van der Waals surface area contributed by atoms with E-state index in [0.29, 0.717) is 41.6 Å². The molecule has 1 aromatic heterocycles. The lowest BCUT2D eigenvalue weighted by molar-refractivity contribution is 0.0863. The molecular formula is C34H45Cl2N3O6. The van der Waals surface area contributed by atoms with Gasteiger partial charge in [-0.1, -0.05) is 55.3 Å². The van der Waals surface area contributed by atoms with Crippen molar-refractivity contribution < 1.29 is 29.6 Å². The number of hydrogen-bond donors (Lipinski definition) is 4. The van der Waals surface area contributed by atoms with Crippen molar-refractivity contribution in [2.24, 2.45) is 0 Å². The number of pyridine rings is 1. The van der Waals surface area contributed by atoms with Gasteiger partial charge in [-0.05, 0) is 94.4 Å². The summed E-state index contributed by atoms with van der Waals surface area (Å²) in [6, 6.07) is 15.9. The Balaban J connectivity index is 0.00000133. The topological polar surface area (TPSA) is 132 Å². The Bertz CT molecular complexity index is 1400. The van der Waals surface area contributed by atoms with E-state index in [1.165, 1.54) is 5.56 Å². The average molecular weight is 663 g/mol. The van der Waals surface area contributed by atoms with Crippen LogP contribution in [0.2, 0.25) is 5.02 Å². The van der Waals surface area contributed by atoms with Crippen LogP contribution < -0.4 is 10.1 Å². The standard InChI is InChI=1S/C33H42ClN3O3.CH2O3.ClH/c1-5-37(6-2)18-7-19-40-31-21-24(9-16-29(31)34)32-28(27-14-8-22(3)20-23(27)4)15-17-30(36-32)33(39)35-25-10-12-26(38)13-11-25;2-1(3)4;/h8-9,14-17,20-21,25-26,38H,5-7,10-13,18-19H2,1-4H3,(H,35,39);(H2,2,3,4);1H. The number of carbonyl (C=O) groups is 2. The van der Waals surface area contributed by atoms with Crippen LogP contribution >= 0.6 is 24.0 Å². The number of aromatic nitrogens is 1. The number of benzene rings is 2. The number of rotatable bonds is 11. The van der Waals surface area contributed by atoms with Crippen LogP contribution in [0.5, 0.6) is 5.75 Å². The van der Waals surface area contributed by atoms with E-state index >= 15 is 0 Å². The molecule has 0 bridgehead atoms. The zero-order valence-corrected chi connectivity index (χ0v) is 28.0. The van der Waals surface area contributed by atoms with Crippen molar-refractivity contribution in [2.75, 3.05) is 26.2 Å². The predicted molar refractivity (Wildman–Crippen MR) is 181 cm³/mol. The van der Waals surface area contributed by atoms with E-state index in [1.54, 1.807) is 6.07 Å². The number of aliphatic hydroxyl groups is 1. The van der Waals surface area contributed by atoms with Gasteiger partial charge in [0, 0.05) is 23.7 Å². The first-order valence-electron chi connectivity index (χ1n) is 15.2. The van der Waals surface area contributed by atoms with Crippen molar-refractivity contribution >= 4 is 36.1 Å². The van der Waals surface area contributed by atoms with Gasteiger partial charge >= 0.3 is 6.16 Å². The molecule has 9 nitrogen and oxygen atoms in total. The van der Waals surface area contributed by atoms with Crippen molar-refractivity contribution in [1.29, 1.82) is 0 Å². The number of aliphatic hydroxyl groups excluding tert-OH is 1. The second-order valence-electron chi connectivity index (χ2n) is 11.0. The van der Waals surface area contributed by atoms with Crippen LogP contribution in [0.25, 0.3) is 22.4 Å². The molecular weight excluding hydrogens is 617 g/mol. The quantitative estimate of drug-likeness (QED) is 0.156. The normalized spacial score (nSPS) is 15.8. The molecule has 246 valence electrons. The molecule has 1 fully saturated rings. The van der Waals surface area contributed by atoms with Crippen molar-refractivity contribution in [3.05, 3.63) is 70.4 Å². The van der Waals surface area contributed by atoms with Crippen LogP contribution in [0.3, 0.4) is 0 Å². The van der Waals surface area contributed by atoms with Crippen LogP contribution in [-0.2, 0) is 0 Å². The van der Waals surface area contributed by atoms with E-state index in [-0.39, 0.29) is 30.5 Å². The van der Waals surface area contributed by atoms with E-state index in [9.17, 15) is 9.90 Å². The van der Waals surface area contributed by atoms with Gasteiger partial charge in [0.1, 0.15) is 11.4 Å². The molecule has 2 aromatic carbocycles. The summed E-state index contributed by atoms with van der Waals surface area (Å²) in [5.41, 5.74) is 6.27. The summed E-state index contributed by atoms with van der Waals surface area (Å²) in [4.78, 5) is 29.1. The molecule has 0 unspecified atom stereocenters. The van der Waals surface area contributed by atoms with E-state index in [1.807, 2.05) is 24.3 Å². The highest BCUT2D eigenvalue weighted by molar-refractivity contribution is 6.32. The van der Waals surface area contributed by atoms with Crippen LogP contribution in [0.15, 0.2) is 48.5 Å². The first-order valence-corrected chi connectivity index (χ1v) is 15.5. The summed E-state index contributed by atoms with van der Waals surface area (Å²) in [5, 5.41) is 27.4. The fourth-order valence-electron chi connectivity index (χ4n) is 5.39. The molecule has 4 rings (SSSR count). The number of amides is 1. The fraction of sp³-hybridized carbons (Fsp3) is 0.441. The van der Waals surface area contributed by atoms with E-state index < -0.39 is 6.16 Å². The first kappa shape index (κ1) is 37.8. The summed E-state index contributed by atoms with van der Waals surface area (Å²) >= 11 is 6.54. The van der Waals surface area contributed by atoms with Gasteiger partial charge in [-0.25, -0.2) is 9.78 Å². The largest absolute Gasteiger partial charge is 0.503 e. The monoisotopic (exact) mass is 661 g/mol. The van der Waals surface area contributed by atoms with E-state index in [0.717, 1.165) is 61.2 Å². The number of carbonyl (C=O) groups excluding carboxylic acids is 1. The van der Waals surface area contributed by atoms with Gasteiger partial charge in [-0.15, -0.1) is 12.4 Å². The van der Waals surface area contributed by atoms with Crippen molar-refractivity contribution in [1.82, 2.24) is 15.2 Å². The van der Waals surface area contributed by atoms with Crippen LogP contribution in [0.4, 0.5) is 4.79 Å². The average Bonchev–Trinajstić information content (AvgIpc) is 2.99. The van der Waals surface area contributed by atoms with Crippen LogP contribution in [-0.4, -0.2) is 75.7 Å². The van der Waals surface area contributed by atoms with Crippen molar-refractivity contribution in [3.8, 4) is 28.1 Å². The molecule has 0 radical (unpaired) electrons.